The highest BCUT2D eigenvalue weighted by molar-refractivity contribution is 7.89. The van der Waals surface area contributed by atoms with Gasteiger partial charge in [-0.2, -0.15) is 0 Å². The summed E-state index contributed by atoms with van der Waals surface area (Å²) in [5, 5.41) is 5.14. The largest absolute Gasteiger partial charge is 0.488 e. The molecule has 5 nitrogen and oxygen atoms in total. The van der Waals surface area contributed by atoms with Gasteiger partial charge in [-0.25, -0.2) is 13.6 Å². The number of nitrogens with two attached hydrogens (primary N) is 2. The molecule has 6 heteroatoms. The number of para-hydroxylation sites is 1. The number of benzene rings is 1. The van der Waals surface area contributed by atoms with Crippen LogP contribution < -0.4 is 15.6 Å². The molecule has 0 aliphatic heterocycles. The lowest BCUT2D eigenvalue weighted by Gasteiger charge is -2.32. The molecule has 2 rings (SSSR count). The van der Waals surface area contributed by atoms with Crippen molar-refractivity contribution in [1.82, 2.24) is 0 Å². The molecule has 1 aromatic carbocycles. The van der Waals surface area contributed by atoms with Crippen LogP contribution in [-0.2, 0) is 10.0 Å². The van der Waals surface area contributed by atoms with Gasteiger partial charge in [0, 0.05) is 0 Å². The highest BCUT2D eigenvalue weighted by Crippen LogP contribution is 2.34. The van der Waals surface area contributed by atoms with E-state index in [1.54, 1.807) is 12.1 Å². The van der Waals surface area contributed by atoms with Crippen molar-refractivity contribution in [2.24, 2.45) is 17.0 Å². The number of sulfonamides is 1. The quantitative estimate of drug-likeness (QED) is 0.835. The molecule has 1 aliphatic carbocycles. The Morgan fingerprint density at radius 2 is 1.75 bits per heavy atom. The molecule has 4 N–H and O–H groups in total. The number of nitrogen functional groups attached to an aromatic ring is 1. The first-order chi connectivity index (χ1) is 9.27. The van der Waals surface area contributed by atoms with Crippen LogP contribution in [0.4, 0.5) is 5.69 Å². The molecule has 1 fully saturated rings. The Balaban J connectivity index is 2.22. The maximum Gasteiger partial charge on any atom is 0.240 e. The van der Waals surface area contributed by atoms with Crippen molar-refractivity contribution in [3.63, 3.8) is 0 Å². The van der Waals surface area contributed by atoms with Crippen molar-refractivity contribution in [2.75, 3.05) is 5.73 Å². The average molecular weight is 298 g/mol. The predicted molar refractivity (Wildman–Crippen MR) is 78.8 cm³/mol. The maximum absolute atomic E-state index is 11.4. The Hall–Kier alpha value is -1.27. The Morgan fingerprint density at radius 3 is 2.30 bits per heavy atom. The van der Waals surface area contributed by atoms with E-state index in [1.165, 1.54) is 12.5 Å². The first-order valence-corrected chi connectivity index (χ1v) is 8.40. The molecule has 112 valence electrons. The smallest absolute Gasteiger partial charge is 0.240 e. The van der Waals surface area contributed by atoms with Crippen molar-refractivity contribution in [3.8, 4) is 5.75 Å². The summed E-state index contributed by atoms with van der Waals surface area (Å²) in [6.45, 7) is 4.41. The third-order valence-electron chi connectivity index (χ3n) is 3.76. The molecular weight excluding hydrogens is 276 g/mol. The van der Waals surface area contributed by atoms with Crippen LogP contribution in [0.15, 0.2) is 23.1 Å². The molecule has 0 heterocycles. The normalized spacial score (nSPS) is 27.2. The van der Waals surface area contributed by atoms with Gasteiger partial charge in [0.05, 0.1) is 11.8 Å². The van der Waals surface area contributed by atoms with Crippen LogP contribution >= 0.6 is 0 Å². The fourth-order valence-corrected chi connectivity index (χ4v) is 3.70. The van der Waals surface area contributed by atoms with Crippen molar-refractivity contribution in [2.45, 2.75) is 44.1 Å². The van der Waals surface area contributed by atoms with Crippen LogP contribution in [0.3, 0.4) is 0 Å². The second-order valence-corrected chi connectivity index (χ2v) is 7.40. The molecule has 1 aliphatic rings. The van der Waals surface area contributed by atoms with Crippen LogP contribution in [0, 0.1) is 11.8 Å². The van der Waals surface area contributed by atoms with Crippen LogP contribution in [0.2, 0.25) is 0 Å². The number of anilines is 1. The average Bonchev–Trinajstić information content (AvgIpc) is 2.29. The molecular formula is C14H22N2O3S. The third-order valence-corrected chi connectivity index (χ3v) is 4.73. The Bertz CT molecular complexity index is 576. The van der Waals surface area contributed by atoms with E-state index in [2.05, 4.69) is 13.8 Å². The summed E-state index contributed by atoms with van der Waals surface area (Å²) in [6, 6.07) is 4.68. The summed E-state index contributed by atoms with van der Waals surface area (Å²) < 4.78 is 28.8. The second-order valence-electron chi connectivity index (χ2n) is 5.87. The number of primary sulfonamides is 1. The lowest BCUT2D eigenvalue weighted by atomic mass is 9.82. The van der Waals surface area contributed by atoms with Gasteiger partial charge < -0.3 is 10.5 Å². The predicted octanol–water partition coefficient (Wildman–Crippen LogP) is 2.12. The van der Waals surface area contributed by atoms with Crippen LogP contribution in [-0.4, -0.2) is 14.5 Å². The van der Waals surface area contributed by atoms with E-state index in [1.807, 2.05) is 0 Å². The number of hydrogen-bond acceptors (Lipinski definition) is 4. The van der Waals surface area contributed by atoms with E-state index in [9.17, 15) is 8.42 Å². The van der Waals surface area contributed by atoms with E-state index in [0.29, 0.717) is 17.6 Å². The lowest BCUT2D eigenvalue weighted by Crippen LogP contribution is -2.29. The summed E-state index contributed by atoms with van der Waals surface area (Å²) in [6.07, 6.45) is 3.20. The topological polar surface area (TPSA) is 95.4 Å². The van der Waals surface area contributed by atoms with Gasteiger partial charge in [0.25, 0.3) is 0 Å². The van der Waals surface area contributed by atoms with E-state index in [-0.39, 0.29) is 16.7 Å². The monoisotopic (exact) mass is 298 g/mol. The van der Waals surface area contributed by atoms with Crippen LogP contribution in [0.25, 0.3) is 0 Å². The van der Waals surface area contributed by atoms with Gasteiger partial charge in [-0.1, -0.05) is 19.9 Å². The molecule has 0 spiro atoms. The zero-order chi connectivity index (χ0) is 14.9. The molecule has 0 radical (unpaired) electrons. The molecule has 1 saturated carbocycles. The summed E-state index contributed by atoms with van der Waals surface area (Å²) >= 11 is 0. The van der Waals surface area contributed by atoms with Crippen LogP contribution in [0.1, 0.15) is 33.1 Å². The van der Waals surface area contributed by atoms with Gasteiger partial charge >= 0.3 is 0 Å². The van der Waals surface area contributed by atoms with Crippen molar-refractivity contribution in [3.05, 3.63) is 18.2 Å². The molecule has 2 atom stereocenters. The van der Waals surface area contributed by atoms with Gasteiger partial charge in [-0.05, 0) is 43.2 Å². The van der Waals surface area contributed by atoms with Gasteiger partial charge in [0.2, 0.25) is 10.0 Å². The summed E-state index contributed by atoms with van der Waals surface area (Å²) in [5.41, 5.74) is 5.97. The zero-order valence-corrected chi connectivity index (χ0v) is 12.7. The Labute approximate surface area is 120 Å². The lowest BCUT2D eigenvalue weighted by molar-refractivity contribution is 0.102. The second kappa shape index (κ2) is 5.61. The molecule has 2 unspecified atom stereocenters. The van der Waals surface area contributed by atoms with Gasteiger partial charge in [0.15, 0.2) is 0 Å². The molecule has 0 aromatic heterocycles. The first-order valence-electron chi connectivity index (χ1n) is 6.85. The van der Waals surface area contributed by atoms with Gasteiger partial charge in [-0.15, -0.1) is 0 Å². The summed E-state index contributed by atoms with van der Waals surface area (Å²) in [5.74, 6) is 1.61. The molecule has 1 aromatic rings. The molecule has 0 bridgehead atoms. The maximum atomic E-state index is 11.4. The van der Waals surface area contributed by atoms with Crippen LogP contribution in [0.5, 0.6) is 5.75 Å². The molecule has 0 amide bonds. The standard InChI is InChI=1S/C14H22N2O3S/c1-9-6-10(2)8-11(7-9)19-12-4-3-5-13(14(12)15)20(16,17)18/h3-5,9-11H,6-8,15H2,1-2H3,(H2,16,17,18). The highest BCUT2D eigenvalue weighted by Gasteiger charge is 2.26. The van der Waals surface area contributed by atoms with E-state index < -0.39 is 10.0 Å². The number of rotatable bonds is 3. The molecule has 20 heavy (non-hydrogen) atoms. The van der Waals surface area contributed by atoms with E-state index in [4.69, 9.17) is 15.6 Å². The SMILES string of the molecule is CC1CC(C)CC(Oc2cccc(S(N)(=O)=O)c2N)C1. The van der Waals surface area contributed by atoms with Gasteiger partial charge in [0.1, 0.15) is 10.6 Å². The Morgan fingerprint density at radius 1 is 1.15 bits per heavy atom. The third kappa shape index (κ3) is 3.43. The van der Waals surface area contributed by atoms with Crippen molar-refractivity contribution < 1.29 is 13.2 Å². The first kappa shape index (κ1) is 15.1. The summed E-state index contributed by atoms with van der Waals surface area (Å²) in [4.78, 5) is -0.0769. The van der Waals surface area contributed by atoms with Gasteiger partial charge in [-0.3, -0.25) is 0 Å². The minimum atomic E-state index is -3.82. The van der Waals surface area contributed by atoms with Crippen molar-refractivity contribution >= 4 is 15.7 Å². The summed E-state index contributed by atoms with van der Waals surface area (Å²) in [7, 11) is -3.82. The Kier molecular flexibility index (Phi) is 4.25. The fourth-order valence-electron chi connectivity index (χ4n) is 3.02. The number of ether oxygens (including phenoxy) is 1. The van der Waals surface area contributed by atoms with E-state index >= 15 is 0 Å². The van der Waals surface area contributed by atoms with Crippen molar-refractivity contribution in [1.29, 1.82) is 0 Å². The molecule has 0 saturated heterocycles. The highest BCUT2D eigenvalue weighted by atomic mass is 32.2. The fraction of sp³-hybridized carbons (Fsp3) is 0.571. The zero-order valence-electron chi connectivity index (χ0n) is 11.9. The van der Waals surface area contributed by atoms with E-state index in [0.717, 1.165) is 12.8 Å². The number of hydrogen-bond donors (Lipinski definition) is 2. The minimum absolute atomic E-state index is 0.0757. The minimum Gasteiger partial charge on any atom is -0.488 e.